The Morgan fingerprint density at radius 1 is 1.52 bits per heavy atom. The van der Waals surface area contributed by atoms with Crippen LogP contribution in [0.2, 0.25) is 0 Å². The molecule has 21 heavy (non-hydrogen) atoms. The van der Waals surface area contributed by atoms with Crippen LogP contribution < -0.4 is 0 Å². The maximum Gasteiger partial charge on any atom is 0.381 e. The van der Waals surface area contributed by atoms with Gasteiger partial charge in [0.05, 0.1) is 6.61 Å². The van der Waals surface area contributed by atoms with Gasteiger partial charge in [0.2, 0.25) is 6.33 Å². The fourth-order valence-corrected chi connectivity index (χ4v) is 1.89. The predicted octanol–water partition coefficient (Wildman–Crippen LogP) is 2.08. The maximum atomic E-state index is 13.9. The molecule has 1 aromatic heterocycles. The monoisotopic (exact) mass is 293 g/mol. The quantitative estimate of drug-likeness (QED) is 0.478. The molecular formula is C13H12FN3O4. The van der Waals surface area contributed by atoms with E-state index >= 15 is 0 Å². The van der Waals surface area contributed by atoms with E-state index in [2.05, 4.69) is 4.98 Å². The number of aromatic nitrogens is 2. The first-order valence-electron chi connectivity index (χ1n) is 6.13. The van der Waals surface area contributed by atoms with E-state index in [0.717, 1.165) is 17.1 Å². The molecule has 0 radical (unpaired) electrons. The average molecular weight is 293 g/mol. The summed E-state index contributed by atoms with van der Waals surface area (Å²) < 4.78 is 20.0. The Labute approximate surface area is 119 Å². The van der Waals surface area contributed by atoms with Gasteiger partial charge < -0.3 is 14.9 Å². The molecule has 1 unspecified atom stereocenters. The highest BCUT2D eigenvalue weighted by Gasteiger charge is 2.29. The van der Waals surface area contributed by atoms with Crippen molar-refractivity contribution in [1.82, 2.24) is 9.55 Å². The SMILES string of the molecule is CCOC(=O)C(c1ccccc1F)n1cnc([N+](=O)[O-])c1. The lowest BCUT2D eigenvalue weighted by Crippen LogP contribution is -2.23. The molecule has 110 valence electrons. The summed E-state index contributed by atoms with van der Waals surface area (Å²) in [5.41, 5.74) is 0.0586. The van der Waals surface area contributed by atoms with Crippen molar-refractivity contribution >= 4 is 11.8 Å². The molecule has 7 nitrogen and oxygen atoms in total. The molecule has 0 saturated heterocycles. The lowest BCUT2D eigenvalue weighted by Gasteiger charge is -2.16. The Hall–Kier alpha value is -2.77. The van der Waals surface area contributed by atoms with Crippen molar-refractivity contribution in [3.8, 4) is 0 Å². The molecule has 2 aromatic rings. The molecule has 0 aliphatic carbocycles. The molecule has 0 N–H and O–H groups in total. The smallest absolute Gasteiger partial charge is 0.381 e. The van der Waals surface area contributed by atoms with Crippen LogP contribution >= 0.6 is 0 Å². The second-order valence-electron chi connectivity index (χ2n) is 4.11. The number of nitrogens with zero attached hydrogens (tertiary/aromatic N) is 3. The third kappa shape index (κ3) is 3.04. The molecule has 0 amide bonds. The Morgan fingerprint density at radius 2 is 2.24 bits per heavy atom. The first kappa shape index (κ1) is 14.6. The highest BCUT2D eigenvalue weighted by atomic mass is 19.1. The Kier molecular flexibility index (Phi) is 4.27. The molecule has 0 aliphatic heterocycles. The lowest BCUT2D eigenvalue weighted by atomic mass is 10.1. The summed E-state index contributed by atoms with van der Waals surface area (Å²) in [5, 5.41) is 10.7. The van der Waals surface area contributed by atoms with E-state index in [-0.39, 0.29) is 12.2 Å². The molecule has 0 spiro atoms. The van der Waals surface area contributed by atoms with Crippen LogP contribution in [0.1, 0.15) is 18.5 Å². The number of imidazole rings is 1. The van der Waals surface area contributed by atoms with E-state index in [4.69, 9.17) is 4.74 Å². The van der Waals surface area contributed by atoms with Crippen LogP contribution in [-0.4, -0.2) is 27.1 Å². The minimum atomic E-state index is -1.16. The zero-order valence-corrected chi connectivity index (χ0v) is 11.1. The predicted molar refractivity (Wildman–Crippen MR) is 70.1 cm³/mol. The van der Waals surface area contributed by atoms with Crippen LogP contribution in [0.4, 0.5) is 10.2 Å². The average Bonchev–Trinajstić information content (AvgIpc) is 2.91. The van der Waals surface area contributed by atoms with Crippen molar-refractivity contribution in [1.29, 1.82) is 0 Å². The molecule has 0 aliphatic rings. The van der Waals surface area contributed by atoms with E-state index in [0.29, 0.717) is 0 Å². The van der Waals surface area contributed by atoms with Crippen LogP contribution in [0.5, 0.6) is 0 Å². The summed E-state index contributed by atoms with van der Waals surface area (Å²) in [6.45, 7) is 1.73. The molecule has 1 atom stereocenters. The normalized spacial score (nSPS) is 11.9. The topological polar surface area (TPSA) is 87.3 Å². The van der Waals surface area contributed by atoms with Gasteiger partial charge in [0.1, 0.15) is 12.0 Å². The second kappa shape index (κ2) is 6.12. The summed E-state index contributed by atoms with van der Waals surface area (Å²) in [7, 11) is 0. The molecule has 1 heterocycles. The number of nitro groups is 1. The zero-order chi connectivity index (χ0) is 15.4. The molecule has 0 saturated carbocycles. The minimum absolute atomic E-state index is 0.0586. The minimum Gasteiger partial charge on any atom is -0.464 e. The maximum absolute atomic E-state index is 13.9. The first-order valence-corrected chi connectivity index (χ1v) is 6.13. The third-order valence-corrected chi connectivity index (χ3v) is 2.78. The molecule has 8 heteroatoms. The van der Waals surface area contributed by atoms with Gasteiger partial charge in [-0.25, -0.2) is 9.18 Å². The van der Waals surface area contributed by atoms with Gasteiger partial charge in [-0.05, 0) is 22.9 Å². The number of hydrogen-bond acceptors (Lipinski definition) is 5. The van der Waals surface area contributed by atoms with Crippen molar-refractivity contribution in [3.63, 3.8) is 0 Å². The summed E-state index contributed by atoms with van der Waals surface area (Å²) in [6.07, 6.45) is 2.17. The van der Waals surface area contributed by atoms with Crippen molar-refractivity contribution in [2.24, 2.45) is 0 Å². The summed E-state index contributed by atoms with van der Waals surface area (Å²) in [5.74, 6) is -1.75. The highest BCUT2D eigenvalue weighted by molar-refractivity contribution is 5.78. The van der Waals surface area contributed by atoms with E-state index < -0.39 is 28.6 Å². The number of carbonyl (C=O) groups is 1. The Balaban J connectivity index is 2.48. The van der Waals surface area contributed by atoms with Gasteiger partial charge in [-0.2, -0.15) is 0 Å². The van der Waals surface area contributed by atoms with E-state index in [9.17, 15) is 19.3 Å². The van der Waals surface area contributed by atoms with Gasteiger partial charge in [0, 0.05) is 5.56 Å². The van der Waals surface area contributed by atoms with Crippen LogP contribution in [0.25, 0.3) is 0 Å². The summed E-state index contributed by atoms with van der Waals surface area (Å²) in [4.78, 5) is 25.6. The molecule has 2 rings (SSSR count). The van der Waals surface area contributed by atoms with Crippen molar-refractivity contribution in [2.75, 3.05) is 6.61 Å². The third-order valence-electron chi connectivity index (χ3n) is 2.78. The fraction of sp³-hybridized carbons (Fsp3) is 0.231. The zero-order valence-electron chi connectivity index (χ0n) is 11.1. The molecular weight excluding hydrogens is 281 g/mol. The van der Waals surface area contributed by atoms with Gasteiger partial charge >= 0.3 is 11.8 Å². The van der Waals surface area contributed by atoms with Crippen LogP contribution in [0.3, 0.4) is 0 Å². The van der Waals surface area contributed by atoms with E-state index in [1.807, 2.05) is 0 Å². The number of halogens is 1. The number of ether oxygens (including phenoxy) is 1. The molecule has 0 bridgehead atoms. The van der Waals surface area contributed by atoms with Crippen LogP contribution in [0.15, 0.2) is 36.8 Å². The number of rotatable bonds is 5. The highest BCUT2D eigenvalue weighted by Crippen LogP contribution is 2.24. The molecule has 0 fully saturated rings. The number of carbonyl (C=O) groups excluding carboxylic acids is 1. The number of hydrogen-bond donors (Lipinski definition) is 0. The van der Waals surface area contributed by atoms with Gasteiger partial charge in [0.15, 0.2) is 6.04 Å². The van der Waals surface area contributed by atoms with Gasteiger partial charge in [-0.3, -0.25) is 4.57 Å². The van der Waals surface area contributed by atoms with Crippen LogP contribution in [0, 0.1) is 15.9 Å². The number of benzene rings is 1. The lowest BCUT2D eigenvalue weighted by molar-refractivity contribution is -0.389. The number of esters is 1. The molecule has 1 aromatic carbocycles. The summed E-state index contributed by atoms with van der Waals surface area (Å²) in [6, 6.07) is 4.51. The van der Waals surface area contributed by atoms with E-state index in [1.54, 1.807) is 13.0 Å². The van der Waals surface area contributed by atoms with Crippen molar-refractivity contribution in [3.05, 3.63) is 58.3 Å². The largest absolute Gasteiger partial charge is 0.464 e. The van der Waals surface area contributed by atoms with Crippen LogP contribution in [-0.2, 0) is 9.53 Å². The van der Waals surface area contributed by atoms with Crippen molar-refractivity contribution < 1.29 is 18.8 Å². The Bertz CT molecular complexity index is 671. The van der Waals surface area contributed by atoms with Gasteiger partial charge in [0.25, 0.3) is 0 Å². The van der Waals surface area contributed by atoms with Gasteiger partial charge in [-0.1, -0.05) is 18.2 Å². The summed E-state index contributed by atoms with van der Waals surface area (Å²) >= 11 is 0. The fourth-order valence-electron chi connectivity index (χ4n) is 1.89. The Morgan fingerprint density at radius 3 is 2.81 bits per heavy atom. The van der Waals surface area contributed by atoms with Crippen molar-refractivity contribution in [2.45, 2.75) is 13.0 Å². The van der Waals surface area contributed by atoms with E-state index in [1.165, 1.54) is 18.2 Å². The first-order chi connectivity index (χ1) is 10.0. The van der Waals surface area contributed by atoms with Gasteiger partial charge in [-0.15, -0.1) is 0 Å². The second-order valence-corrected chi connectivity index (χ2v) is 4.11. The standard InChI is InChI=1S/C13H12FN3O4/c1-2-21-13(18)12(9-5-3-4-6-10(9)14)16-7-11(15-8-16)17(19)20/h3-8,12H,2H2,1H3.